The predicted molar refractivity (Wildman–Crippen MR) is 53.3 cm³/mol. The van der Waals surface area contributed by atoms with Crippen molar-refractivity contribution < 1.29 is 8.78 Å². The Labute approximate surface area is 87.5 Å². The average molecular weight is 210 g/mol. The van der Waals surface area contributed by atoms with Gasteiger partial charge in [-0.3, -0.25) is 0 Å². The smallest absolute Gasteiger partial charge is 0.263 e. The van der Waals surface area contributed by atoms with Crippen molar-refractivity contribution in [2.75, 3.05) is 6.54 Å². The van der Waals surface area contributed by atoms with Gasteiger partial charge in [0.2, 0.25) is 0 Å². The molecule has 1 N–H and O–H groups in total. The van der Waals surface area contributed by atoms with Gasteiger partial charge in [-0.15, -0.1) is 0 Å². The molecule has 2 nitrogen and oxygen atoms in total. The summed E-state index contributed by atoms with van der Waals surface area (Å²) in [6.45, 7) is 1.09. The molecule has 1 aromatic carbocycles. The lowest BCUT2D eigenvalue weighted by Crippen LogP contribution is -2.14. The first kappa shape index (κ1) is 11.6. The van der Waals surface area contributed by atoms with E-state index in [2.05, 4.69) is 5.32 Å². The number of hydrogen-bond acceptors (Lipinski definition) is 2. The molecular weight excluding hydrogens is 198 g/mol. The van der Waals surface area contributed by atoms with E-state index in [0.717, 1.165) is 5.56 Å². The molecule has 80 valence electrons. The highest BCUT2D eigenvalue weighted by atomic mass is 19.3. The third-order valence-corrected chi connectivity index (χ3v) is 1.95. The van der Waals surface area contributed by atoms with Crippen LogP contribution in [0.25, 0.3) is 0 Å². The van der Waals surface area contributed by atoms with Gasteiger partial charge in [0.1, 0.15) is 0 Å². The molecule has 0 saturated carbocycles. The van der Waals surface area contributed by atoms with Crippen molar-refractivity contribution in [1.29, 1.82) is 5.26 Å². The lowest BCUT2D eigenvalue weighted by molar-refractivity contribution is 0.151. The summed E-state index contributed by atoms with van der Waals surface area (Å²) in [5.74, 6) is 0. The summed E-state index contributed by atoms with van der Waals surface area (Å²) in [4.78, 5) is 0. The van der Waals surface area contributed by atoms with Gasteiger partial charge in [-0.1, -0.05) is 18.2 Å². The standard InChI is InChI=1S/C11H12F2N2/c12-11(13)10-4-1-3-9(7-10)8-15-6-2-5-14/h1,3-4,7,11,15H,2,6,8H2. The van der Waals surface area contributed by atoms with Crippen molar-refractivity contribution in [3.63, 3.8) is 0 Å². The van der Waals surface area contributed by atoms with Gasteiger partial charge >= 0.3 is 0 Å². The van der Waals surface area contributed by atoms with E-state index in [1.54, 1.807) is 12.1 Å². The fourth-order valence-corrected chi connectivity index (χ4v) is 1.22. The summed E-state index contributed by atoms with van der Waals surface area (Å²) in [6.07, 6.45) is -2.00. The molecule has 0 heterocycles. The molecule has 0 aliphatic rings. The molecule has 0 aliphatic heterocycles. The Balaban J connectivity index is 2.48. The first-order chi connectivity index (χ1) is 7.24. The van der Waals surface area contributed by atoms with Crippen LogP contribution in [-0.2, 0) is 6.54 Å². The second kappa shape index (κ2) is 6.10. The highest BCUT2D eigenvalue weighted by molar-refractivity contribution is 5.24. The maximum atomic E-state index is 12.3. The van der Waals surface area contributed by atoms with Crippen molar-refractivity contribution in [2.24, 2.45) is 0 Å². The van der Waals surface area contributed by atoms with Crippen molar-refractivity contribution in [3.05, 3.63) is 35.4 Å². The van der Waals surface area contributed by atoms with Crippen molar-refractivity contribution in [1.82, 2.24) is 5.32 Å². The minimum absolute atomic E-state index is 0.0367. The Bertz CT molecular complexity index is 345. The summed E-state index contributed by atoms with van der Waals surface area (Å²) in [6, 6.07) is 8.28. The molecule has 0 saturated heterocycles. The van der Waals surface area contributed by atoms with Gasteiger partial charge in [0.25, 0.3) is 6.43 Å². The third-order valence-electron chi connectivity index (χ3n) is 1.95. The molecule has 4 heteroatoms. The summed E-state index contributed by atoms with van der Waals surface area (Å²) < 4.78 is 24.7. The van der Waals surface area contributed by atoms with Gasteiger partial charge in [-0.25, -0.2) is 8.78 Å². The molecule has 0 amide bonds. The van der Waals surface area contributed by atoms with Crippen LogP contribution in [0.15, 0.2) is 24.3 Å². The van der Waals surface area contributed by atoms with Crippen molar-refractivity contribution in [2.45, 2.75) is 19.4 Å². The summed E-state index contributed by atoms with van der Waals surface area (Å²) in [7, 11) is 0. The van der Waals surface area contributed by atoms with E-state index >= 15 is 0 Å². The van der Waals surface area contributed by atoms with Gasteiger partial charge < -0.3 is 5.32 Å². The van der Waals surface area contributed by atoms with Gasteiger partial charge in [-0.2, -0.15) is 5.26 Å². The number of halogens is 2. The van der Waals surface area contributed by atoms with Gasteiger partial charge in [-0.05, 0) is 11.6 Å². The summed E-state index contributed by atoms with van der Waals surface area (Å²) in [5.41, 5.74) is 0.848. The van der Waals surface area contributed by atoms with Crippen LogP contribution in [0.2, 0.25) is 0 Å². The predicted octanol–water partition coefficient (Wildman–Crippen LogP) is 2.63. The number of hydrogen-bond donors (Lipinski definition) is 1. The zero-order valence-electron chi connectivity index (χ0n) is 8.21. The van der Waals surface area contributed by atoms with Crippen molar-refractivity contribution in [3.8, 4) is 6.07 Å². The van der Waals surface area contributed by atoms with Crippen LogP contribution in [0, 0.1) is 11.3 Å². The molecule has 0 bridgehead atoms. The van der Waals surface area contributed by atoms with E-state index in [1.807, 2.05) is 6.07 Å². The number of nitrogens with zero attached hydrogens (tertiary/aromatic N) is 1. The topological polar surface area (TPSA) is 35.8 Å². The van der Waals surface area contributed by atoms with Crippen molar-refractivity contribution >= 4 is 0 Å². The molecule has 1 aromatic rings. The first-order valence-electron chi connectivity index (χ1n) is 4.68. The number of rotatable bonds is 5. The van der Waals surface area contributed by atoms with Crippen LogP contribution >= 0.6 is 0 Å². The minimum atomic E-state index is -2.43. The number of benzene rings is 1. The fraction of sp³-hybridized carbons (Fsp3) is 0.364. The van der Waals surface area contributed by atoms with Gasteiger partial charge in [0.05, 0.1) is 6.07 Å². The Morgan fingerprint density at radius 3 is 2.87 bits per heavy atom. The Morgan fingerprint density at radius 1 is 1.40 bits per heavy atom. The molecule has 1 rings (SSSR count). The zero-order valence-corrected chi connectivity index (χ0v) is 8.21. The van der Waals surface area contributed by atoms with Crippen LogP contribution in [0.4, 0.5) is 8.78 Å². The fourth-order valence-electron chi connectivity index (χ4n) is 1.22. The molecule has 0 aliphatic carbocycles. The second-order valence-electron chi connectivity index (χ2n) is 3.13. The SMILES string of the molecule is N#CCCNCc1cccc(C(F)F)c1. The highest BCUT2D eigenvalue weighted by Crippen LogP contribution is 2.19. The minimum Gasteiger partial charge on any atom is -0.312 e. The van der Waals surface area contributed by atoms with E-state index in [4.69, 9.17) is 5.26 Å². The van der Waals surface area contributed by atoms with E-state index in [1.165, 1.54) is 12.1 Å². The second-order valence-corrected chi connectivity index (χ2v) is 3.13. The third kappa shape index (κ3) is 4.05. The maximum absolute atomic E-state index is 12.3. The lowest BCUT2D eigenvalue weighted by Gasteiger charge is -2.05. The molecule has 0 aromatic heterocycles. The quantitative estimate of drug-likeness (QED) is 0.758. The Kier molecular flexibility index (Phi) is 4.72. The van der Waals surface area contributed by atoms with E-state index < -0.39 is 6.43 Å². The van der Waals surface area contributed by atoms with E-state index in [-0.39, 0.29) is 5.56 Å². The molecule has 0 radical (unpaired) electrons. The van der Waals surface area contributed by atoms with Crippen LogP contribution in [0.3, 0.4) is 0 Å². The molecule has 15 heavy (non-hydrogen) atoms. The molecule has 0 fully saturated rings. The number of nitrogens with one attached hydrogen (secondary N) is 1. The molecule has 0 atom stereocenters. The van der Waals surface area contributed by atoms with E-state index in [0.29, 0.717) is 19.5 Å². The van der Waals surface area contributed by atoms with Crippen LogP contribution in [0.5, 0.6) is 0 Å². The monoisotopic (exact) mass is 210 g/mol. The normalized spacial score (nSPS) is 10.3. The van der Waals surface area contributed by atoms with E-state index in [9.17, 15) is 8.78 Å². The number of nitriles is 1. The first-order valence-corrected chi connectivity index (χ1v) is 4.68. The molecular formula is C11H12F2N2. The largest absolute Gasteiger partial charge is 0.312 e. The van der Waals surface area contributed by atoms with Crippen LogP contribution in [0.1, 0.15) is 24.0 Å². The Hall–Kier alpha value is -1.47. The summed E-state index contributed by atoms with van der Waals surface area (Å²) in [5, 5.41) is 11.3. The molecule has 0 unspecified atom stereocenters. The lowest BCUT2D eigenvalue weighted by atomic mass is 10.1. The van der Waals surface area contributed by atoms with Gasteiger partial charge in [0, 0.05) is 25.1 Å². The maximum Gasteiger partial charge on any atom is 0.263 e. The average Bonchev–Trinajstić information content (AvgIpc) is 2.25. The zero-order chi connectivity index (χ0) is 11.1. The van der Waals surface area contributed by atoms with Crippen LogP contribution in [-0.4, -0.2) is 6.54 Å². The van der Waals surface area contributed by atoms with Crippen LogP contribution < -0.4 is 5.32 Å². The van der Waals surface area contributed by atoms with Gasteiger partial charge in [0.15, 0.2) is 0 Å². The highest BCUT2D eigenvalue weighted by Gasteiger charge is 2.06. The summed E-state index contributed by atoms with van der Waals surface area (Å²) >= 11 is 0. The number of alkyl halides is 2. The molecule has 0 spiro atoms. The Morgan fingerprint density at radius 2 is 2.20 bits per heavy atom.